The largest absolute Gasteiger partial charge is 0.488 e. The Labute approximate surface area is 108 Å². The first-order valence-corrected chi connectivity index (χ1v) is 6.41. The zero-order valence-corrected chi connectivity index (χ0v) is 10.3. The molecule has 0 spiro atoms. The summed E-state index contributed by atoms with van der Waals surface area (Å²) in [6, 6.07) is 18.7. The number of rotatable bonds is 4. The van der Waals surface area contributed by atoms with Gasteiger partial charge in [0.1, 0.15) is 11.9 Å². The minimum absolute atomic E-state index is 0.270. The van der Waals surface area contributed by atoms with E-state index in [4.69, 9.17) is 4.74 Å². The number of hydrogen-bond donors (Lipinski definition) is 1. The molecule has 2 nitrogen and oxygen atoms in total. The van der Waals surface area contributed by atoms with Gasteiger partial charge in [0.2, 0.25) is 0 Å². The van der Waals surface area contributed by atoms with E-state index in [9.17, 15) is 0 Å². The molecule has 0 amide bonds. The molecule has 0 aliphatic carbocycles. The normalized spacial score (nSPS) is 17.2. The summed E-state index contributed by atoms with van der Waals surface area (Å²) in [6.07, 6.45) is 1.28. The van der Waals surface area contributed by atoms with Gasteiger partial charge in [-0.1, -0.05) is 48.5 Å². The van der Waals surface area contributed by atoms with Crippen LogP contribution in [0.25, 0.3) is 0 Å². The van der Waals surface area contributed by atoms with Crippen molar-refractivity contribution in [3.63, 3.8) is 0 Å². The molecule has 0 aromatic heterocycles. The highest BCUT2D eigenvalue weighted by Crippen LogP contribution is 2.27. The number of nitrogens with one attached hydrogen (secondary N) is 1. The molecule has 1 unspecified atom stereocenters. The molecular weight excluding hydrogens is 222 g/mol. The second-order valence-corrected chi connectivity index (χ2v) is 4.67. The van der Waals surface area contributed by atoms with E-state index >= 15 is 0 Å². The van der Waals surface area contributed by atoms with Crippen LogP contribution >= 0.6 is 0 Å². The van der Waals surface area contributed by atoms with E-state index in [-0.39, 0.29) is 6.10 Å². The Morgan fingerprint density at radius 2 is 1.78 bits per heavy atom. The van der Waals surface area contributed by atoms with Gasteiger partial charge in [-0.05, 0) is 17.2 Å². The average molecular weight is 239 g/mol. The molecular formula is C16H17NO. The molecule has 1 atom stereocenters. The monoisotopic (exact) mass is 239 g/mol. The number of ether oxygens (including phenoxy) is 1. The molecule has 18 heavy (non-hydrogen) atoms. The number of hydrogen-bond acceptors (Lipinski definition) is 2. The summed E-state index contributed by atoms with van der Waals surface area (Å²) in [7, 11) is 0. The molecule has 1 N–H and O–H groups in total. The predicted molar refractivity (Wildman–Crippen MR) is 72.7 cm³/mol. The first kappa shape index (κ1) is 11.3. The Morgan fingerprint density at radius 1 is 1.00 bits per heavy atom. The van der Waals surface area contributed by atoms with Gasteiger partial charge in [0.25, 0.3) is 0 Å². The summed E-state index contributed by atoms with van der Waals surface area (Å²) in [5.41, 5.74) is 2.64. The zero-order chi connectivity index (χ0) is 12.2. The number of fused-ring (bicyclic) bond motifs is 1. The molecule has 1 aliphatic rings. The first-order chi connectivity index (χ1) is 8.92. The summed E-state index contributed by atoms with van der Waals surface area (Å²) in [5.74, 6) is 1.05. The summed E-state index contributed by atoms with van der Waals surface area (Å²) < 4.78 is 5.88. The molecule has 0 saturated heterocycles. The van der Waals surface area contributed by atoms with E-state index in [1.54, 1.807) is 0 Å². The van der Waals surface area contributed by atoms with Gasteiger partial charge in [0.05, 0.1) is 0 Å². The third-order valence-electron chi connectivity index (χ3n) is 3.26. The van der Waals surface area contributed by atoms with Crippen molar-refractivity contribution >= 4 is 0 Å². The lowest BCUT2D eigenvalue weighted by Crippen LogP contribution is -2.29. The SMILES string of the molecule is c1ccc(CNCC2Cc3ccccc3O2)cc1. The maximum absolute atomic E-state index is 5.88. The fraction of sp³-hybridized carbons (Fsp3) is 0.250. The quantitative estimate of drug-likeness (QED) is 0.885. The van der Waals surface area contributed by atoms with E-state index < -0.39 is 0 Å². The third kappa shape index (κ3) is 2.54. The Balaban J connectivity index is 1.49. The van der Waals surface area contributed by atoms with Crippen LogP contribution in [0.15, 0.2) is 54.6 Å². The molecule has 2 aromatic rings. The van der Waals surface area contributed by atoms with Gasteiger partial charge in [-0.2, -0.15) is 0 Å². The molecule has 0 bridgehead atoms. The summed E-state index contributed by atoms with van der Waals surface area (Å²) in [4.78, 5) is 0. The van der Waals surface area contributed by atoms with Crippen LogP contribution in [0.1, 0.15) is 11.1 Å². The number of para-hydroxylation sites is 1. The van der Waals surface area contributed by atoms with Crippen molar-refractivity contribution in [2.45, 2.75) is 19.1 Å². The second-order valence-electron chi connectivity index (χ2n) is 4.67. The van der Waals surface area contributed by atoms with Crippen LogP contribution in [0.2, 0.25) is 0 Å². The van der Waals surface area contributed by atoms with Gasteiger partial charge in [-0.3, -0.25) is 0 Å². The molecule has 92 valence electrons. The van der Waals surface area contributed by atoms with Gasteiger partial charge in [0.15, 0.2) is 0 Å². The minimum Gasteiger partial charge on any atom is -0.488 e. The highest BCUT2D eigenvalue weighted by Gasteiger charge is 2.21. The van der Waals surface area contributed by atoms with Gasteiger partial charge >= 0.3 is 0 Å². The highest BCUT2D eigenvalue weighted by atomic mass is 16.5. The average Bonchev–Trinajstić information content (AvgIpc) is 2.82. The van der Waals surface area contributed by atoms with Crippen molar-refractivity contribution in [2.24, 2.45) is 0 Å². The summed E-state index contributed by atoms with van der Waals surface area (Å²) >= 11 is 0. The van der Waals surface area contributed by atoms with Crippen LogP contribution in [0, 0.1) is 0 Å². The van der Waals surface area contributed by atoms with Crippen LogP contribution < -0.4 is 10.1 Å². The summed E-state index contributed by atoms with van der Waals surface area (Å²) in [6.45, 7) is 1.79. The fourth-order valence-corrected chi connectivity index (χ4v) is 2.34. The summed E-state index contributed by atoms with van der Waals surface area (Å²) in [5, 5.41) is 3.45. The lowest BCUT2D eigenvalue weighted by atomic mass is 10.1. The van der Waals surface area contributed by atoms with Crippen LogP contribution in [0.4, 0.5) is 0 Å². The van der Waals surface area contributed by atoms with E-state index in [1.807, 2.05) is 18.2 Å². The first-order valence-electron chi connectivity index (χ1n) is 6.41. The van der Waals surface area contributed by atoms with E-state index in [0.717, 1.165) is 25.3 Å². The van der Waals surface area contributed by atoms with E-state index in [1.165, 1.54) is 11.1 Å². The van der Waals surface area contributed by atoms with Crippen LogP contribution in [0.3, 0.4) is 0 Å². The minimum atomic E-state index is 0.270. The zero-order valence-electron chi connectivity index (χ0n) is 10.3. The van der Waals surface area contributed by atoms with Gasteiger partial charge in [-0.15, -0.1) is 0 Å². The van der Waals surface area contributed by atoms with E-state index in [2.05, 4.69) is 41.7 Å². The topological polar surface area (TPSA) is 21.3 Å². The maximum Gasteiger partial charge on any atom is 0.123 e. The lowest BCUT2D eigenvalue weighted by molar-refractivity contribution is 0.227. The van der Waals surface area contributed by atoms with Crippen LogP contribution in [-0.2, 0) is 13.0 Å². The van der Waals surface area contributed by atoms with Crippen molar-refractivity contribution in [3.8, 4) is 5.75 Å². The molecule has 3 rings (SSSR count). The van der Waals surface area contributed by atoms with Crippen molar-refractivity contribution in [3.05, 3.63) is 65.7 Å². The van der Waals surface area contributed by atoms with Gasteiger partial charge < -0.3 is 10.1 Å². The van der Waals surface area contributed by atoms with Crippen molar-refractivity contribution in [1.29, 1.82) is 0 Å². The lowest BCUT2D eigenvalue weighted by Gasteiger charge is -2.11. The number of benzene rings is 2. The molecule has 2 heteroatoms. The van der Waals surface area contributed by atoms with Crippen molar-refractivity contribution < 1.29 is 4.74 Å². The van der Waals surface area contributed by atoms with Gasteiger partial charge in [-0.25, -0.2) is 0 Å². The van der Waals surface area contributed by atoms with Crippen molar-refractivity contribution in [1.82, 2.24) is 5.32 Å². The second kappa shape index (κ2) is 5.23. The molecule has 0 radical (unpaired) electrons. The van der Waals surface area contributed by atoms with Crippen molar-refractivity contribution in [2.75, 3.05) is 6.54 Å². The molecule has 2 aromatic carbocycles. The van der Waals surface area contributed by atoms with Crippen LogP contribution in [-0.4, -0.2) is 12.6 Å². The Kier molecular flexibility index (Phi) is 3.29. The van der Waals surface area contributed by atoms with Gasteiger partial charge in [0, 0.05) is 19.5 Å². The molecule has 1 heterocycles. The van der Waals surface area contributed by atoms with Crippen LogP contribution in [0.5, 0.6) is 5.75 Å². The Hall–Kier alpha value is -1.80. The van der Waals surface area contributed by atoms with E-state index in [0.29, 0.717) is 0 Å². The predicted octanol–water partition coefficient (Wildman–Crippen LogP) is 2.78. The molecule has 0 saturated carbocycles. The standard InChI is InChI=1S/C16H17NO/c1-2-6-13(7-3-1)11-17-12-15-10-14-8-4-5-9-16(14)18-15/h1-9,15,17H,10-12H2. The molecule has 0 fully saturated rings. The highest BCUT2D eigenvalue weighted by molar-refractivity contribution is 5.37. The third-order valence-corrected chi connectivity index (χ3v) is 3.26. The Bertz CT molecular complexity index is 485. The molecule has 1 aliphatic heterocycles. The smallest absolute Gasteiger partial charge is 0.123 e. The fourth-order valence-electron chi connectivity index (χ4n) is 2.34. The maximum atomic E-state index is 5.88. The Morgan fingerprint density at radius 3 is 2.61 bits per heavy atom.